The SMILES string of the molecule is CCCCCCC[C@H](C)/C=C(/C)C/C(C)=C/[C@H](C)CC(=O)O. The normalized spacial score (nSPS) is 15.7. The van der Waals surface area contributed by atoms with Crippen LogP contribution in [0.5, 0.6) is 0 Å². The van der Waals surface area contributed by atoms with E-state index in [9.17, 15) is 4.79 Å². The number of carboxylic acid groups (broad SMARTS) is 1. The Hall–Kier alpha value is -1.05. The van der Waals surface area contributed by atoms with Crippen molar-refractivity contribution in [2.75, 3.05) is 0 Å². The van der Waals surface area contributed by atoms with Crippen LogP contribution in [0.3, 0.4) is 0 Å². The molecule has 0 aliphatic carbocycles. The second kappa shape index (κ2) is 12.5. The summed E-state index contributed by atoms with van der Waals surface area (Å²) in [6, 6.07) is 0. The fourth-order valence-corrected chi connectivity index (χ4v) is 3.02. The smallest absolute Gasteiger partial charge is 0.303 e. The van der Waals surface area contributed by atoms with Gasteiger partial charge in [0.15, 0.2) is 0 Å². The molecule has 0 aliphatic heterocycles. The Labute approximate surface area is 137 Å². The Balaban J connectivity index is 4.13. The summed E-state index contributed by atoms with van der Waals surface area (Å²) in [5.41, 5.74) is 2.68. The maximum atomic E-state index is 10.7. The van der Waals surface area contributed by atoms with Crippen LogP contribution in [0.2, 0.25) is 0 Å². The van der Waals surface area contributed by atoms with E-state index in [1.165, 1.54) is 49.7 Å². The van der Waals surface area contributed by atoms with Gasteiger partial charge in [-0.3, -0.25) is 4.79 Å². The van der Waals surface area contributed by atoms with Crippen LogP contribution in [-0.4, -0.2) is 11.1 Å². The summed E-state index contributed by atoms with van der Waals surface area (Å²) in [6.45, 7) is 10.8. The van der Waals surface area contributed by atoms with Crippen molar-refractivity contribution in [3.05, 3.63) is 23.3 Å². The third kappa shape index (κ3) is 12.7. The molecule has 0 heterocycles. The van der Waals surface area contributed by atoms with Crippen molar-refractivity contribution >= 4 is 5.97 Å². The Bertz CT molecular complexity index is 366. The van der Waals surface area contributed by atoms with Crippen LogP contribution in [-0.2, 0) is 4.79 Å². The van der Waals surface area contributed by atoms with E-state index in [0.29, 0.717) is 5.92 Å². The Morgan fingerprint density at radius 2 is 1.50 bits per heavy atom. The highest BCUT2D eigenvalue weighted by Crippen LogP contribution is 2.19. The molecule has 0 amide bonds. The number of carboxylic acids is 1. The van der Waals surface area contributed by atoms with E-state index in [1.807, 2.05) is 6.92 Å². The van der Waals surface area contributed by atoms with Crippen LogP contribution >= 0.6 is 0 Å². The minimum absolute atomic E-state index is 0.112. The molecular weight excluding hydrogens is 272 g/mol. The molecule has 0 aromatic heterocycles. The number of carbonyl (C=O) groups is 1. The molecule has 0 saturated carbocycles. The van der Waals surface area contributed by atoms with E-state index >= 15 is 0 Å². The first-order valence-corrected chi connectivity index (χ1v) is 8.91. The van der Waals surface area contributed by atoms with Crippen LogP contribution in [0.4, 0.5) is 0 Å². The summed E-state index contributed by atoms with van der Waals surface area (Å²) in [4.78, 5) is 10.7. The average molecular weight is 309 g/mol. The zero-order chi connectivity index (χ0) is 17.0. The topological polar surface area (TPSA) is 37.3 Å². The van der Waals surface area contributed by atoms with Crippen molar-refractivity contribution in [1.29, 1.82) is 0 Å². The molecule has 0 aromatic rings. The average Bonchev–Trinajstić information content (AvgIpc) is 2.36. The molecule has 0 bridgehead atoms. The standard InChI is InChI=1S/C20H36O2/c1-6-7-8-9-10-11-16(2)12-17(3)13-18(4)14-19(5)15-20(21)22/h12,14,16,19H,6-11,13,15H2,1-5H3,(H,21,22)/b17-12-,18-14+/t16-,19-/m0/s1. The molecule has 2 atom stereocenters. The van der Waals surface area contributed by atoms with E-state index < -0.39 is 5.97 Å². The molecule has 0 rings (SSSR count). The maximum absolute atomic E-state index is 10.7. The van der Waals surface area contributed by atoms with Gasteiger partial charge in [-0.05, 0) is 38.5 Å². The highest BCUT2D eigenvalue weighted by molar-refractivity contribution is 5.67. The van der Waals surface area contributed by atoms with E-state index in [0.717, 1.165) is 6.42 Å². The lowest BCUT2D eigenvalue weighted by molar-refractivity contribution is -0.137. The third-order valence-corrected chi connectivity index (χ3v) is 3.96. The largest absolute Gasteiger partial charge is 0.481 e. The number of hydrogen-bond donors (Lipinski definition) is 1. The molecule has 0 saturated heterocycles. The van der Waals surface area contributed by atoms with Gasteiger partial charge >= 0.3 is 5.97 Å². The van der Waals surface area contributed by atoms with Crippen molar-refractivity contribution < 1.29 is 9.90 Å². The quantitative estimate of drug-likeness (QED) is 0.335. The lowest BCUT2D eigenvalue weighted by Crippen LogP contribution is -2.02. The van der Waals surface area contributed by atoms with Gasteiger partial charge in [0.05, 0.1) is 6.42 Å². The van der Waals surface area contributed by atoms with Gasteiger partial charge in [0, 0.05) is 0 Å². The molecule has 0 aromatic carbocycles. The second-order valence-corrected chi connectivity index (χ2v) is 6.96. The second-order valence-electron chi connectivity index (χ2n) is 6.96. The van der Waals surface area contributed by atoms with Crippen LogP contribution in [0, 0.1) is 11.8 Å². The van der Waals surface area contributed by atoms with Crippen LogP contribution in [0.25, 0.3) is 0 Å². The number of aliphatic carboxylic acids is 1. The first-order chi connectivity index (χ1) is 10.3. The van der Waals surface area contributed by atoms with E-state index in [1.54, 1.807) is 0 Å². The first-order valence-electron chi connectivity index (χ1n) is 8.91. The van der Waals surface area contributed by atoms with E-state index in [-0.39, 0.29) is 12.3 Å². The molecule has 128 valence electrons. The monoisotopic (exact) mass is 308 g/mol. The summed E-state index contributed by atoms with van der Waals surface area (Å²) in [7, 11) is 0. The molecule has 0 fully saturated rings. The maximum Gasteiger partial charge on any atom is 0.303 e. The Kier molecular flexibility index (Phi) is 11.9. The van der Waals surface area contributed by atoms with Crippen molar-refractivity contribution in [1.82, 2.24) is 0 Å². The minimum Gasteiger partial charge on any atom is -0.481 e. The molecular formula is C20H36O2. The molecule has 0 radical (unpaired) electrons. The van der Waals surface area contributed by atoms with Crippen molar-refractivity contribution in [2.24, 2.45) is 11.8 Å². The molecule has 0 aliphatic rings. The van der Waals surface area contributed by atoms with Gasteiger partial charge in [-0.1, -0.05) is 76.2 Å². The van der Waals surface area contributed by atoms with E-state index in [2.05, 4.69) is 39.8 Å². The Morgan fingerprint density at radius 1 is 0.955 bits per heavy atom. The van der Waals surface area contributed by atoms with Crippen molar-refractivity contribution in [3.63, 3.8) is 0 Å². The van der Waals surface area contributed by atoms with E-state index in [4.69, 9.17) is 5.11 Å². The van der Waals surface area contributed by atoms with Gasteiger partial charge in [-0.2, -0.15) is 0 Å². The molecule has 2 nitrogen and oxygen atoms in total. The fourth-order valence-electron chi connectivity index (χ4n) is 3.02. The lowest BCUT2D eigenvalue weighted by atomic mass is 9.96. The molecule has 1 N–H and O–H groups in total. The zero-order valence-electron chi connectivity index (χ0n) is 15.3. The van der Waals surface area contributed by atoms with Gasteiger partial charge in [0.1, 0.15) is 0 Å². The van der Waals surface area contributed by atoms with Gasteiger partial charge in [0.25, 0.3) is 0 Å². The highest BCUT2D eigenvalue weighted by atomic mass is 16.4. The number of allylic oxidation sites excluding steroid dienone is 4. The number of unbranched alkanes of at least 4 members (excludes halogenated alkanes) is 4. The van der Waals surface area contributed by atoms with Crippen LogP contribution in [0.15, 0.2) is 23.3 Å². The summed E-state index contributed by atoms with van der Waals surface area (Å²) >= 11 is 0. The van der Waals surface area contributed by atoms with Crippen molar-refractivity contribution in [2.45, 2.75) is 86.0 Å². The van der Waals surface area contributed by atoms with Crippen LogP contribution < -0.4 is 0 Å². The van der Waals surface area contributed by atoms with Crippen LogP contribution in [0.1, 0.15) is 86.0 Å². The lowest BCUT2D eigenvalue weighted by Gasteiger charge is -2.10. The van der Waals surface area contributed by atoms with Gasteiger partial charge in [-0.25, -0.2) is 0 Å². The summed E-state index contributed by atoms with van der Waals surface area (Å²) in [5, 5.41) is 8.79. The predicted octanol–water partition coefficient (Wildman–Crippen LogP) is 6.38. The Morgan fingerprint density at radius 3 is 2.05 bits per heavy atom. The molecule has 2 heteroatoms. The minimum atomic E-state index is -0.722. The zero-order valence-corrected chi connectivity index (χ0v) is 15.3. The highest BCUT2D eigenvalue weighted by Gasteiger charge is 2.06. The number of hydrogen-bond acceptors (Lipinski definition) is 1. The van der Waals surface area contributed by atoms with Gasteiger partial charge < -0.3 is 5.11 Å². The van der Waals surface area contributed by atoms with Gasteiger partial charge in [0.2, 0.25) is 0 Å². The molecule has 0 spiro atoms. The molecule has 0 unspecified atom stereocenters. The molecule has 22 heavy (non-hydrogen) atoms. The number of rotatable bonds is 12. The fraction of sp³-hybridized carbons (Fsp3) is 0.750. The summed E-state index contributed by atoms with van der Waals surface area (Å²) in [6.07, 6.45) is 13.7. The summed E-state index contributed by atoms with van der Waals surface area (Å²) < 4.78 is 0. The third-order valence-electron chi connectivity index (χ3n) is 3.96. The summed E-state index contributed by atoms with van der Waals surface area (Å²) in [5.74, 6) is 0.0349. The van der Waals surface area contributed by atoms with Gasteiger partial charge in [-0.15, -0.1) is 0 Å². The predicted molar refractivity (Wildman–Crippen MR) is 96.1 cm³/mol. The first kappa shape index (κ1) is 20.9. The van der Waals surface area contributed by atoms with Crippen molar-refractivity contribution in [3.8, 4) is 0 Å².